The predicted molar refractivity (Wildman–Crippen MR) is 34.9 cm³/mol. The van der Waals surface area contributed by atoms with Crippen LogP contribution in [0.15, 0.2) is 22.7 Å². The fourth-order valence-corrected chi connectivity index (χ4v) is 0.464. The zero-order valence-electron chi connectivity index (χ0n) is 5.41. The molecule has 0 aromatic carbocycles. The van der Waals surface area contributed by atoms with Gasteiger partial charge in [-0.3, -0.25) is 0 Å². The summed E-state index contributed by atoms with van der Waals surface area (Å²) in [6.45, 7) is 5.15. The van der Waals surface area contributed by atoms with Gasteiger partial charge in [-0.15, -0.1) is 0 Å². The minimum absolute atomic E-state index is 0.00620. The van der Waals surface area contributed by atoms with Crippen LogP contribution in [0.5, 0.6) is 0 Å². The van der Waals surface area contributed by atoms with Crippen LogP contribution in [0.25, 0.3) is 0 Å². The fourth-order valence-electron chi connectivity index (χ4n) is 0.464. The zero-order valence-corrected chi connectivity index (χ0v) is 5.41. The molecule has 0 aromatic rings. The first-order valence-electron chi connectivity index (χ1n) is 2.70. The second-order valence-electron chi connectivity index (χ2n) is 1.65. The average molecular weight is 129 g/mol. The number of aliphatic hydroxyl groups excluding tert-OH is 1. The molecule has 0 heterocycles. The third-order valence-corrected chi connectivity index (χ3v) is 0.977. The Balaban J connectivity index is 3.83. The van der Waals surface area contributed by atoms with Gasteiger partial charge in [0.1, 0.15) is 11.8 Å². The quantitative estimate of drug-likeness (QED) is 0.260. The van der Waals surface area contributed by atoms with Crippen molar-refractivity contribution in [3.63, 3.8) is 0 Å². The van der Waals surface area contributed by atoms with Gasteiger partial charge in [-0.05, 0) is 6.42 Å². The lowest BCUT2D eigenvalue weighted by atomic mass is 10.2. The van der Waals surface area contributed by atoms with E-state index in [1.807, 2.05) is 6.92 Å². The third-order valence-electron chi connectivity index (χ3n) is 0.977. The van der Waals surface area contributed by atoms with E-state index in [1.54, 1.807) is 0 Å². The smallest absolute Gasteiger partial charge is 0.129 e. The third kappa shape index (κ3) is 2.69. The summed E-state index contributed by atoms with van der Waals surface area (Å²) >= 11 is 0. The highest BCUT2D eigenvalue weighted by atomic mass is 16.3. The molecule has 0 spiro atoms. The highest BCUT2D eigenvalue weighted by Crippen LogP contribution is 2.04. The van der Waals surface area contributed by atoms with E-state index < -0.39 is 0 Å². The summed E-state index contributed by atoms with van der Waals surface area (Å²) in [6.07, 6.45) is 0.663. The number of hydrogen-bond donors (Lipinski definition) is 2. The van der Waals surface area contributed by atoms with E-state index >= 15 is 0 Å². The highest BCUT2D eigenvalue weighted by Gasteiger charge is 2.05. The second-order valence-corrected chi connectivity index (χ2v) is 1.65. The molecule has 4 heteroatoms. The molecule has 0 unspecified atom stereocenters. The highest BCUT2D eigenvalue weighted by molar-refractivity contribution is 4.92. The summed E-state index contributed by atoms with van der Waals surface area (Å²) in [7, 11) is 0. The molecule has 0 saturated carbocycles. The van der Waals surface area contributed by atoms with Crippen molar-refractivity contribution in [1.29, 1.82) is 0 Å². The van der Waals surface area contributed by atoms with E-state index in [-0.39, 0.29) is 11.8 Å². The summed E-state index contributed by atoms with van der Waals surface area (Å²) < 4.78 is 0. The molecule has 3 N–H and O–H groups in total. The molecule has 0 rings (SSSR count). The van der Waals surface area contributed by atoms with Gasteiger partial charge in [-0.1, -0.05) is 18.7 Å². The van der Waals surface area contributed by atoms with Crippen LogP contribution in [0, 0.1) is 0 Å². The lowest BCUT2D eigenvalue weighted by molar-refractivity contribution is 0.361. The van der Waals surface area contributed by atoms with Gasteiger partial charge in [0.25, 0.3) is 0 Å². The zero-order chi connectivity index (χ0) is 7.28. The van der Waals surface area contributed by atoms with Crippen LogP contribution in [0.4, 0.5) is 0 Å². The molecular weight excluding hydrogens is 118 g/mol. The van der Waals surface area contributed by atoms with Gasteiger partial charge >= 0.3 is 0 Å². The first-order valence-corrected chi connectivity index (χ1v) is 2.70. The molecule has 52 valence electrons. The van der Waals surface area contributed by atoms with Crippen molar-refractivity contribution in [3.05, 3.63) is 12.3 Å². The van der Waals surface area contributed by atoms with Crippen molar-refractivity contribution in [1.82, 2.24) is 0 Å². The van der Waals surface area contributed by atoms with Gasteiger partial charge in [0.2, 0.25) is 0 Å². The average Bonchev–Trinajstić information content (AvgIpc) is 1.82. The topological polar surface area (TPSA) is 71.0 Å². The van der Waals surface area contributed by atoms with Crippen molar-refractivity contribution >= 4 is 0 Å². The number of nitrogens with zero attached hydrogens (tertiary/aromatic N) is 2. The summed E-state index contributed by atoms with van der Waals surface area (Å²) in [5.74, 6) is 4.76. The van der Waals surface area contributed by atoms with Crippen molar-refractivity contribution < 1.29 is 5.11 Å². The van der Waals surface area contributed by atoms with E-state index in [0.29, 0.717) is 6.42 Å². The maximum Gasteiger partial charge on any atom is 0.129 e. The molecule has 9 heavy (non-hydrogen) atoms. The van der Waals surface area contributed by atoms with E-state index in [9.17, 15) is 0 Å². The molecule has 0 saturated heterocycles. The fraction of sp³-hybridized carbons (Fsp3) is 0.600. The van der Waals surface area contributed by atoms with Gasteiger partial charge in [-0.2, -0.15) is 5.11 Å². The van der Waals surface area contributed by atoms with Crippen molar-refractivity contribution in [3.8, 4) is 0 Å². The maximum absolute atomic E-state index is 8.74. The number of rotatable bonds is 3. The number of nitrogens with two attached hydrogens (primary N) is 1. The Morgan fingerprint density at radius 1 is 1.89 bits per heavy atom. The van der Waals surface area contributed by atoms with E-state index in [2.05, 4.69) is 16.9 Å². The molecule has 0 aliphatic heterocycles. The summed E-state index contributed by atoms with van der Waals surface area (Å²) in [5.41, 5.74) is 0. The minimum Gasteiger partial charge on any atom is -0.511 e. The molecule has 0 fully saturated rings. The lowest BCUT2D eigenvalue weighted by Gasteiger charge is -2.02. The van der Waals surface area contributed by atoms with Crippen LogP contribution in [0.1, 0.15) is 13.3 Å². The normalized spacial score (nSPS) is 13.9. The Morgan fingerprint density at radius 2 is 2.44 bits per heavy atom. The molecule has 0 bridgehead atoms. The summed E-state index contributed by atoms with van der Waals surface area (Å²) in [6, 6.07) is -0.338. The van der Waals surface area contributed by atoms with Gasteiger partial charge in [0, 0.05) is 0 Å². The van der Waals surface area contributed by atoms with Crippen LogP contribution >= 0.6 is 0 Å². The first-order chi connectivity index (χ1) is 4.22. The Labute approximate surface area is 54.1 Å². The molecule has 0 aliphatic rings. The number of hydrogen-bond acceptors (Lipinski definition) is 3. The standard InChI is InChI=1S/C5H11N3O/c1-3-5(4(2)9)7-8-6/h5,9H,2-3H2,1H3,(H2,6,7)/t5-/m1/s1. The SMILES string of the molecule is C=C(O)[C@@H](CC)N=NN. The van der Waals surface area contributed by atoms with E-state index in [4.69, 9.17) is 10.9 Å². The largest absolute Gasteiger partial charge is 0.511 e. The van der Waals surface area contributed by atoms with Crippen LogP contribution in [0.3, 0.4) is 0 Å². The van der Waals surface area contributed by atoms with Crippen molar-refractivity contribution in [2.75, 3.05) is 0 Å². The molecular formula is C5H11N3O. The van der Waals surface area contributed by atoms with Crippen LogP contribution in [-0.2, 0) is 0 Å². The Kier molecular flexibility index (Phi) is 3.43. The Morgan fingerprint density at radius 3 is 2.56 bits per heavy atom. The summed E-state index contributed by atoms with van der Waals surface area (Å²) in [4.78, 5) is 0. The van der Waals surface area contributed by atoms with E-state index in [1.165, 1.54) is 0 Å². The van der Waals surface area contributed by atoms with Crippen LogP contribution in [0.2, 0.25) is 0 Å². The monoisotopic (exact) mass is 129 g/mol. The minimum atomic E-state index is -0.338. The van der Waals surface area contributed by atoms with Gasteiger partial charge in [0.05, 0.1) is 0 Å². The predicted octanol–water partition coefficient (Wildman–Crippen LogP) is 1.16. The van der Waals surface area contributed by atoms with Crippen molar-refractivity contribution in [2.24, 2.45) is 16.2 Å². The van der Waals surface area contributed by atoms with Crippen LogP contribution in [-0.4, -0.2) is 11.1 Å². The molecule has 1 atom stereocenters. The van der Waals surface area contributed by atoms with E-state index in [0.717, 1.165) is 0 Å². The Bertz CT molecular complexity index is 121. The Hall–Kier alpha value is -1.06. The first kappa shape index (κ1) is 7.94. The van der Waals surface area contributed by atoms with Gasteiger partial charge in [-0.25, -0.2) is 0 Å². The van der Waals surface area contributed by atoms with Gasteiger partial charge < -0.3 is 10.9 Å². The molecule has 4 nitrogen and oxygen atoms in total. The molecule has 0 amide bonds. The van der Waals surface area contributed by atoms with Crippen molar-refractivity contribution in [2.45, 2.75) is 19.4 Å². The molecule has 0 aliphatic carbocycles. The summed E-state index contributed by atoms with van der Waals surface area (Å²) in [5, 5.41) is 15.3. The van der Waals surface area contributed by atoms with Crippen LogP contribution < -0.4 is 5.84 Å². The van der Waals surface area contributed by atoms with Gasteiger partial charge in [0.15, 0.2) is 0 Å². The molecule has 0 aromatic heterocycles. The lowest BCUT2D eigenvalue weighted by Crippen LogP contribution is -2.04. The molecule has 0 radical (unpaired) electrons. The number of aliphatic hydroxyl groups is 1. The second kappa shape index (κ2) is 3.88. The maximum atomic E-state index is 8.74.